The van der Waals surface area contributed by atoms with Crippen molar-refractivity contribution in [3.8, 4) is 0 Å². The molecule has 1 aromatic rings. The highest BCUT2D eigenvalue weighted by Crippen LogP contribution is 2.18. The SMILES string of the molecule is CC(NC(=O)c1ccccc1)C1CCCN(C)C1. The van der Waals surface area contributed by atoms with Crippen molar-refractivity contribution in [1.82, 2.24) is 10.2 Å². The first-order valence-corrected chi connectivity index (χ1v) is 6.71. The molecule has 0 bridgehead atoms. The van der Waals surface area contributed by atoms with Crippen LogP contribution in [0.1, 0.15) is 30.1 Å². The number of piperidine rings is 1. The summed E-state index contributed by atoms with van der Waals surface area (Å²) in [6.07, 6.45) is 2.44. The second kappa shape index (κ2) is 6.01. The highest BCUT2D eigenvalue weighted by molar-refractivity contribution is 5.94. The number of carbonyl (C=O) groups excluding carboxylic acids is 1. The number of carbonyl (C=O) groups is 1. The van der Waals surface area contributed by atoms with Crippen molar-refractivity contribution in [1.29, 1.82) is 0 Å². The zero-order valence-corrected chi connectivity index (χ0v) is 11.2. The van der Waals surface area contributed by atoms with Gasteiger partial charge in [0, 0.05) is 18.2 Å². The Balaban J connectivity index is 1.91. The molecule has 0 spiro atoms. The molecule has 0 aliphatic carbocycles. The number of hydrogen-bond donors (Lipinski definition) is 1. The van der Waals surface area contributed by atoms with E-state index in [9.17, 15) is 4.79 Å². The van der Waals surface area contributed by atoms with Gasteiger partial charge in [0.05, 0.1) is 0 Å². The number of likely N-dealkylation sites (tertiary alicyclic amines) is 1. The van der Waals surface area contributed by atoms with Crippen LogP contribution in [0.4, 0.5) is 0 Å². The van der Waals surface area contributed by atoms with Crippen LogP contribution in [0.3, 0.4) is 0 Å². The number of rotatable bonds is 3. The molecule has 1 aliphatic heterocycles. The molecule has 3 heteroatoms. The summed E-state index contributed by atoms with van der Waals surface area (Å²) in [4.78, 5) is 14.4. The summed E-state index contributed by atoms with van der Waals surface area (Å²) in [7, 11) is 2.15. The fraction of sp³-hybridized carbons (Fsp3) is 0.533. The van der Waals surface area contributed by atoms with Crippen LogP contribution in [-0.2, 0) is 0 Å². The van der Waals surface area contributed by atoms with Gasteiger partial charge in [0.25, 0.3) is 5.91 Å². The largest absolute Gasteiger partial charge is 0.349 e. The molecule has 0 saturated carbocycles. The lowest BCUT2D eigenvalue weighted by molar-refractivity contribution is 0.0904. The van der Waals surface area contributed by atoms with E-state index in [0.29, 0.717) is 5.92 Å². The van der Waals surface area contributed by atoms with Gasteiger partial charge in [-0.15, -0.1) is 0 Å². The first-order valence-electron chi connectivity index (χ1n) is 6.71. The molecule has 1 amide bonds. The Morgan fingerprint density at radius 1 is 1.39 bits per heavy atom. The molecular weight excluding hydrogens is 224 g/mol. The average molecular weight is 246 g/mol. The van der Waals surface area contributed by atoms with Crippen LogP contribution in [0.15, 0.2) is 30.3 Å². The van der Waals surface area contributed by atoms with E-state index < -0.39 is 0 Å². The second-order valence-corrected chi connectivity index (χ2v) is 5.29. The predicted octanol–water partition coefficient (Wildman–Crippen LogP) is 2.15. The van der Waals surface area contributed by atoms with Crippen LogP contribution in [0.5, 0.6) is 0 Å². The van der Waals surface area contributed by atoms with E-state index >= 15 is 0 Å². The van der Waals surface area contributed by atoms with Gasteiger partial charge in [-0.2, -0.15) is 0 Å². The molecule has 1 saturated heterocycles. The molecule has 1 heterocycles. The summed E-state index contributed by atoms with van der Waals surface area (Å²) in [5.41, 5.74) is 0.744. The van der Waals surface area contributed by atoms with E-state index in [-0.39, 0.29) is 11.9 Å². The summed E-state index contributed by atoms with van der Waals surface area (Å²) >= 11 is 0. The molecule has 0 radical (unpaired) electrons. The van der Waals surface area contributed by atoms with Crippen molar-refractivity contribution in [2.24, 2.45) is 5.92 Å². The number of nitrogens with one attached hydrogen (secondary N) is 1. The van der Waals surface area contributed by atoms with Crippen LogP contribution in [0.25, 0.3) is 0 Å². The van der Waals surface area contributed by atoms with Gasteiger partial charge in [-0.25, -0.2) is 0 Å². The molecule has 1 aliphatic rings. The van der Waals surface area contributed by atoms with Crippen molar-refractivity contribution in [2.45, 2.75) is 25.8 Å². The molecule has 3 nitrogen and oxygen atoms in total. The quantitative estimate of drug-likeness (QED) is 0.886. The first-order chi connectivity index (χ1) is 8.66. The lowest BCUT2D eigenvalue weighted by atomic mass is 9.91. The Morgan fingerprint density at radius 3 is 2.78 bits per heavy atom. The third-order valence-electron chi connectivity index (χ3n) is 3.76. The van der Waals surface area contributed by atoms with Crippen molar-refractivity contribution in [2.75, 3.05) is 20.1 Å². The third kappa shape index (κ3) is 3.33. The van der Waals surface area contributed by atoms with Gasteiger partial charge in [0.2, 0.25) is 0 Å². The fourth-order valence-electron chi connectivity index (χ4n) is 2.61. The smallest absolute Gasteiger partial charge is 0.251 e. The van der Waals surface area contributed by atoms with Crippen molar-refractivity contribution in [3.63, 3.8) is 0 Å². The number of nitrogens with zero attached hydrogens (tertiary/aromatic N) is 1. The second-order valence-electron chi connectivity index (χ2n) is 5.29. The Hall–Kier alpha value is -1.35. The molecule has 0 aromatic heterocycles. The van der Waals surface area contributed by atoms with Crippen LogP contribution in [-0.4, -0.2) is 37.0 Å². The van der Waals surface area contributed by atoms with Crippen LogP contribution in [0.2, 0.25) is 0 Å². The molecular formula is C15H22N2O. The monoisotopic (exact) mass is 246 g/mol. The van der Waals surface area contributed by atoms with Crippen LogP contribution >= 0.6 is 0 Å². The minimum Gasteiger partial charge on any atom is -0.349 e. The molecule has 2 atom stereocenters. The normalized spacial score (nSPS) is 22.4. The van der Waals surface area contributed by atoms with E-state index in [1.807, 2.05) is 30.3 Å². The van der Waals surface area contributed by atoms with Gasteiger partial charge in [-0.3, -0.25) is 4.79 Å². The topological polar surface area (TPSA) is 32.3 Å². The van der Waals surface area contributed by atoms with Gasteiger partial charge in [-0.1, -0.05) is 18.2 Å². The van der Waals surface area contributed by atoms with Gasteiger partial charge in [0.15, 0.2) is 0 Å². The van der Waals surface area contributed by atoms with E-state index in [1.54, 1.807) is 0 Å². The first kappa shape index (κ1) is 13.1. The summed E-state index contributed by atoms with van der Waals surface area (Å²) in [5.74, 6) is 0.604. The standard InChI is InChI=1S/C15H22N2O/c1-12(14-9-6-10-17(2)11-14)16-15(18)13-7-4-3-5-8-13/h3-5,7-8,12,14H,6,9-11H2,1-2H3,(H,16,18). The lowest BCUT2D eigenvalue weighted by Crippen LogP contribution is -2.45. The molecule has 18 heavy (non-hydrogen) atoms. The summed E-state index contributed by atoms with van der Waals surface area (Å²) in [6, 6.07) is 9.67. The predicted molar refractivity (Wildman–Crippen MR) is 73.6 cm³/mol. The minimum atomic E-state index is 0.0383. The van der Waals surface area contributed by atoms with Crippen LogP contribution in [0, 0.1) is 5.92 Å². The molecule has 1 fully saturated rings. The fourth-order valence-corrected chi connectivity index (χ4v) is 2.61. The molecule has 98 valence electrons. The van der Waals surface area contributed by atoms with Gasteiger partial charge >= 0.3 is 0 Å². The third-order valence-corrected chi connectivity index (χ3v) is 3.76. The molecule has 2 rings (SSSR count). The number of benzene rings is 1. The highest BCUT2D eigenvalue weighted by Gasteiger charge is 2.24. The van der Waals surface area contributed by atoms with Crippen molar-refractivity contribution < 1.29 is 4.79 Å². The van der Waals surface area contributed by atoms with Gasteiger partial charge in [-0.05, 0) is 51.4 Å². The van der Waals surface area contributed by atoms with E-state index in [2.05, 4.69) is 24.2 Å². The highest BCUT2D eigenvalue weighted by atomic mass is 16.1. The van der Waals surface area contributed by atoms with Crippen LogP contribution < -0.4 is 5.32 Å². The Bertz CT molecular complexity index is 391. The minimum absolute atomic E-state index is 0.0383. The molecule has 1 aromatic carbocycles. The van der Waals surface area contributed by atoms with E-state index in [0.717, 1.165) is 12.1 Å². The maximum absolute atomic E-state index is 12.1. The number of amides is 1. The summed E-state index contributed by atoms with van der Waals surface area (Å²) < 4.78 is 0. The Kier molecular flexibility index (Phi) is 4.37. The maximum atomic E-state index is 12.1. The number of hydrogen-bond acceptors (Lipinski definition) is 2. The summed E-state index contributed by atoms with van der Waals surface area (Å²) in [6.45, 7) is 4.37. The molecule has 2 unspecified atom stereocenters. The zero-order chi connectivity index (χ0) is 13.0. The van der Waals surface area contributed by atoms with Crippen molar-refractivity contribution in [3.05, 3.63) is 35.9 Å². The Labute approximate surface area is 109 Å². The zero-order valence-electron chi connectivity index (χ0n) is 11.2. The summed E-state index contributed by atoms with van der Waals surface area (Å²) in [5, 5.41) is 3.12. The van der Waals surface area contributed by atoms with Gasteiger partial charge < -0.3 is 10.2 Å². The van der Waals surface area contributed by atoms with Gasteiger partial charge in [0.1, 0.15) is 0 Å². The van der Waals surface area contributed by atoms with E-state index in [1.165, 1.54) is 19.4 Å². The average Bonchev–Trinajstić information content (AvgIpc) is 2.39. The van der Waals surface area contributed by atoms with Crippen molar-refractivity contribution >= 4 is 5.91 Å². The maximum Gasteiger partial charge on any atom is 0.251 e. The van der Waals surface area contributed by atoms with E-state index in [4.69, 9.17) is 0 Å². The Morgan fingerprint density at radius 2 is 2.11 bits per heavy atom. The lowest BCUT2D eigenvalue weighted by Gasteiger charge is -2.33. The molecule has 1 N–H and O–H groups in total.